The Kier molecular flexibility index (Phi) is 7.62. The van der Waals surface area contributed by atoms with Gasteiger partial charge < -0.3 is 4.90 Å². The fraction of sp³-hybridized carbons (Fsp3) is 0.938. The van der Waals surface area contributed by atoms with Gasteiger partial charge in [-0.05, 0) is 67.0 Å². The van der Waals surface area contributed by atoms with Crippen LogP contribution in [0.25, 0.3) is 0 Å². The summed E-state index contributed by atoms with van der Waals surface area (Å²) in [6, 6.07) is 2.84. The summed E-state index contributed by atoms with van der Waals surface area (Å²) in [5, 5.41) is 12.9. The van der Waals surface area contributed by atoms with Crippen LogP contribution in [0.5, 0.6) is 0 Å². The zero-order chi connectivity index (χ0) is 15.1. The molecule has 1 atom stereocenters. The predicted octanol–water partition coefficient (Wildman–Crippen LogP) is 3.56. The monoisotopic (exact) mass is 267 g/mol. The fourth-order valence-electron chi connectivity index (χ4n) is 2.26. The summed E-state index contributed by atoms with van der Waals surface area (Å²) in [5.41, 5.74) is -0.113. The van der Waals surface area contributed by atoms with Gasteiger partial charge in [-0.3, -0.25) is 5.32 Å². The van der Waals surface area contributed by atoms with Crippen LogP contribution in [0.2, 0.25) is 0 Å². The lowest BCUT2D eigenvalue weighted by Gasteiger charge is -2.36. The van der Waals surface area contributed by atoms with Gasteiger partial charge >= 0.3 is 0 Å². The number of hydrogen-bond donors (Lipinski definition) is 1. The van der Waals surface area contributed by atoms with Gasteiger partial charge in [0, 0.05) is 11.6 Å². The Morgan fingerprint density at radius 1 is 1.21 bits per heavy atom. The molecule has 1 N–H and O–H groups in total. The van der Waals surface area contributed by atoms with Crippen LogP contribution in [0.4, 0.5) is 0 Å². The van der Waals surface area contributed by atoms with Gasteiger partial charge in [0.2, 0.25) is 0 Å². The Labute approximate surface area is 120 Å². The molecule has 112 valence electrons. The van der Waals surface area contributed by atoms with E-state index >= 15 is 0 Å². The van der Waals surface area contributed by atoms with Crippen molar-refractivity contribution in [3.8, 4) is 6.07 Å². The molecule has 0 radical (unpaired) electrons. The normalized spacial score (nSPS) is 15.6. The van der Waals surface area contributed by atoms with Gasteiger partial charge in [-0.1, -0.05) is 13.8 Å². The summed E-state index contributed by atoms with van der Waals surface area (Å²) in [6.07, 6.45) is 3.98. The van der Waals surface area contributed by atoms with Crippen molar-refractivity contribution in [1.29, 1.82) is 5.26 Å². The third-order valence-electron chi connectivity index (χ3n) is 4.38. The van der Waals surface area contributed by atoms with Crippen molar-refractivity contribution in [2.45, 2.75) is 84.3 Å². The number of hydrogen-bond acceptors (Lipinski definition) is 3. The first-order valence-corrected chi connectivity index (χ1v) is 7.63. The highest BCUT2D eigenvalue weighted by atomic mass is 15.2. The maximum Gasteiger partial charge on any atom is 0.106 e. The van der Waals surface area contributed by atoms with E-state index in [1.54, 1.807) is 0 Å². The third kappa shape index (κ3) is 5.93. The lowest BCUT2D eigenvalue weighted by atomic mass is 9.90. The Morgan fingerprint density at radius 3 is 2.16 bits per heavy atom. The Morgan fingerprint density at radius 2 is 1.79 bits per heavy atom. The summed E-state index contributed by atoms with van der Waals surface area (Å²) in [7, 11) is 2.18. The van der Waals surface area contributed by atoms with E-state index in [0.717, 1.165) is 32.2 Å². The van der Waals surface area contributed by atoms with Gasteiger partial charge in [-0.25, -0.2) is 0 Å². The molecule has 0 aliphatic heterocycles. The lowest BCUT2D eigenvalue weighted by molar-refractivity contribution is 0.144. The Balaban J connectivity index is 4.40. The van der Waals surface area contributed by atoms with Crippen LogP contribution < -0.4 is 5.32 Å². The molecule has 0 aromatic heterocycles. The molecule has 0 aromatic rings. The third-order valence-corrected chi connectivity index (χ3v) is 4.38. The van der Waals surface area contributed by atoms with E-state index < -0.39 is 0 Å². The maximum atomic E-state index is 9.47. The number of nitrogens with zero attached hydrogens (tertiary/aromatic N) is 2. The van der Waals surface area contributed by atoms with Crippen LogP contribution in [0, 0.1) is 11.3 Å². The number of nitrogens with one attached hydrogen (secondary N) is 1. The van der Waals surface area contributed by atoms with Crippen molar-refractivity contribution < 1.29 is 0 Å². The predicted molar refractivity (Wildman–Crippen MR) is 83.1 cm³/mol. The van der Waals surface area contributed by atoms with Gasteiger partial charge in [-0.15, -0.1) is 0 Å². The van der Waals surface area contributed by atoms with Crippen LogP contribution in [0.3, 0.4) is 0 Å². The maximum absolute atomic E-state index is 9.47. The average Bonchev–Trinajstić information content (AvgIpc) is 2.36. The average molecular weight is 267 g/mol. The summed E-state index contributed by atoms with van der Waals surface area (Å²) >= 11 is 0. The highest BCUT2D eigenvalue weighted by Crippen LogP contribution is 2.21. The van der Waals surface area contributed by atoms with E-state index in [1.165, 1.54) is 0 Å². The SMILES string of the molecule is CCC(C#N)(CCCN(C)C(C)(C)CC)NC(C)C. The quantitative estimate of drug-likeness (QED) is 0.694. The van der Waals surface area contributed by atoms with Crippen molar-refractivity contribution in [2.75, 3.05) is 13.6 Å². The van der Waals surface area contributed by atoms with Crippen LogP contribution in [-0.2, 0) is 0 Å². The second-order valence-electron chi connectivity index (χ2n) is 6.54. The van der Waals surface area contributed by atoms with Crippen molar-refractivity contribution >= 4 is 0 Å². The molecule has 0 bridgehead atoms. The first-order chi connectivity index (χ1) is 8.73. The summed E-state index contributed by atoms with van der Waals surface area (Å²) in [6.45, 7) is 14.1. The molecule has 0 saturated heterocycles. The van der Waals surface area contributed by atoms with Crippen molar-refractivity contribution in [3.63, 3.8) is 0 Å². The van der Waals surface area contributed by atoms with E-state index in [1.807, 2.05) is 0 Å². The van der Waals surface area contributed by atoms with Gasteiger partial charge in [0.05, 0.1) is 6.07 Å². The highest BCUT2D eigenvalue weighted by Gasteiger charge is 2.28. The lowest BCUT2D eigenvalue weighted by Crippen LogP contribution is -2.48. The smallest absolute Gasteiger partial charge is 0.106 e. The molecule has 0 saturated carbocycles. The van der Waals surface area contributed by atoms with Crippen molar-refractivity contribution in [1.82, 2.24) is 10.2 Å². The van der Waals surface area contributed by atoms with Gasteiger partial charge in [0.25, 0.3) is 0 Å². The standard InChI is InChI=1S/C16H33N3/c1-8-15(5,6)19(7)12-10-11-16(9-2,13-17)18-14(3)4/h14,18H,8-12H2,1-7H3. The van der Waals surface area contributed by atoms with E-state index in [2.05, 4.69) is 64.9 Å². The van der Waals surface area contributed by atoms with Crippen LogP contribution in [0.1, 0.15) is 67.2 Å². The van der Waals surface area contributed by atoms with Crippen LogP contribution in [-0.4, -0.2) is 35.6 Å². The van der Waals surface area contributed by atoms with Gasteiger partial charge in [-0.2, -0.15) is 5.26 Å². The molecule has 0 rings (SSSR count). The zero-order valence-electron chi connectivity index (χ0n) is 14.0. The van der Waals surface area contributed by atoms with Gasteiger partial charge in [0.1, 0.15) is 5.54 Å². The molecular formula is C16H33N3. The molecule has 3 nitrogen and oxygen atoms in total. The Hall–Kier alpha value is -0.590. The summed E-state index contributed by atoms with van der Waals surface area (Å²) < 4.78 is 0. The van der Waals surface area contributed by atoms with E-state index in [9.17, 15) is 5.26 Å². The molecule has 3 heteroatoms. The molecule has 0 aliphatic rings. The minimum Gasteiger partial charge on any atom is -0.301 e. The molecule has 0 heterocycles. The number of nitriles is 1. The van der Waals surface area contributed by atoms with E-state index in [0.29, 0.717) is 6.04 Å². The molecule has 0 aromatic carbocycles. The summed E-state index contributed by atoms with van der Waals surface area (Å²) in [5.74, 6) is 0. The topological polar surface area (TPSA) is 39.1 Å². The second-order valence-corrected chi connectivity index (χ2v) is 6.54. The molecule has 0 amide bonds. The van der Waals surface area contributed by atoms with Crippen LogP contribution >= 0.6 is 0 Å². The van der Waals surface area contributed by atoms with Crippen molar-refractivity contribution in [2.24, 2.45) is 0 Å². The van der Waals surface area contributed by atoms with Gasteiger partial charge in [0.15, 0.2) is 0 Å². The fourth-order valence-corrected chi connectivity index (χ4v) is 2.26. The largest absolute Gasteiger partial charge is 0.301 e. The first kappa shape index (κ1) is 18.4. The highest BCUT2D eigenvalue weighted by molar-refractivity contribution is 5.06. The molecule has 19 heavy (non-hydrogen) atoms. The molecule has 0 fully saturated rings. The first-order valence-electron chi connectivity index (χ1n) is 7.63. The van der Waals surface area contributed by atoms with E-state index in [-0.39, 0.29) is 11.1 Å². The zero-order valence-corrected chi connectivity index (χ0v) is 14.0. The molecular weight excluding hydrogens is 234 g/mol. The second kappa shape index (κ2) is 7.87. The molecule has 0 spiro atoms. The van der Waals surface area contributed by atoms with E-state index in [4.69, 9.17) is 0 Å². The summed E-state index contributed by atoms with van der Waals surface area (Å²) in [4.78, 5) is 2.40. The Bertz CT molecular complexity index is 291. The molecule has 1 unspecified atom stereocenters. The number of rotatable bonds is 9. The van der Waals surface area contributed by atoms with Crippen LogP contribution in [0.15, 0.2) is 0 Å². The van der Waals surface area contributed by atoms with Crippen molar-refractivity contribution in [3.05, 3.63) is 0 Å². The molecule has 0 aliphatic carbocycles. The minimum absolute atomic E-state index is 0.243. The minimum atomic E-state index is -0.356.